The molecule has 0 aromatic heterocycles. The molecule has 2 aromatic carbocycles. The first-order valence-corrected chi connectivity index (χ1v) is 6.88. The molecule has 0 aliphatic rings. The van der Waals surface area contributed by atoms with Gasteiger partial charge in [0.25, 0.3) is 0 Å². The molecule has 0 aliphatic heterocycles. The minimum atomic E-state index is -1.06. The van der Waals surface area contributed by atoms with Gasteiger partial charge in [0.1, 0.15) is 5.75 Å². The van der Waals surface area contributed by atoms with Gasteiger partial charge in [0.2, 0.25) is 0 Å². The normalized spacial score (nSPS) is 12.1. The Kier molecular flexibility index (Phi) is 3.99. The predicted molar refractivity (Wildman–Crippen MR) is 74.0 cm³/mol. The third-order valence-electron chi connectivity index (χ3n) is 2.57. The summed E-state index contributed by atoms with van der Waals surface area (Å²) in [6, 6.07) is 14.7. The van der Waals surface area contributed by atoms with E-state index >= 15 is 0 Å². The van der Waals surface area contributed by atoms with E-state index in [9.17, 15) is 4.21 Å². The molecule has 1 atom stereocenters. The second kappa shape index (κ2) is 5.69. The molecule has 0 aliphatic carbocycles. The fraction of sp³-hybridized carbons (Fsp3) is 0.143. The first-order chi connectivity index (χ1) is 8.69. The van der Waals surface area contributed by atoms with E-state index in [0.29, 0.717) is 11.4 Å². The van der Waals surface area contributed by atoms with Crippen LogP contribution in [0.25, 0.3) is 0 Å². The molecule has 2 N–H and O–H groups in total. The second-order valence-electron chi connectivity index (χ2n) is 3.91. The summed E-state index contributed by atoms with van der Waals surface area (Å²) in [4.78, 5) is 0.790. The number of hydrogen-bond acceptors (Lipinski definition) is 3. The van der Waals surface area contributed by atoms with Crippen molar-refractivity contribution in [3.8, 4) is 5.75 Å². The van der Waals surface area contributed by atoms with Crippen molar-refractivity contribution < 1.29 is 8.95 Å². The van der Waals surface area contributed by atoms with Gasteiger partial charge in [-0.1, -0.05) is 12.1 Å². The fourth-order valence-electron chi connectivity index (χ4n) is 1.65. The van der Waals surface area contributed by atoms with Gasteiger partial charge in [0, 0.05) is 10.6 Å². The van der Waals surface area contributed by atoms with Gasteiger partial charge in [0.05, 0.1) is 23.7 Å². The molecule has 3 nitrogen and oxygen atoms in total. The van der Waals surface area contributed by atoms with E-state index in [4.69, 9.17) is 10.5 Å². The van der Waals surface area contributed by atoms with Gasteiger partial charge >= 0.3 is 0 Å². The molecule has 0 saturated heterocycles. The number of rotatable bonds is 4. The van der Waals surface area contributed by atoms with Crippen LogP contribution in [0.3, 0.4) is 0 Å². The van der Waals surface area contributed by atoms with E-state index in [2.05, 4.69) is 0 Å². The zero-order valence-electron chi connectivity index (χ0n) is 10.1. The molecule has 0 bridgehead atoms. The van der Waals surface area contributed by atoms with Gasteiger partial charge in [-0.3, -0.25) is 4.21 Å². The molecule has 4 heteroatoms. The molecule has 0 spiro atoms. The minimum Gasteiger partial charge on any atom is -0.497 e. The van der Waals surface area contributed by atoms with Crippen molar-refractivity contribution in [2.45, 2.75) is 10.6 Å². The third-order valence-corrected chi connectivity index (χ3v) is 3.96. The zero-order chi connectivity index (χ0) is 13.0. The van der Waals surface area contributed by atoms with E-state index in [1.54, 1.807) is 7.11 Å². The summed E-state index contributed by atoms with van der Waals surface area (Å²) in [7, 11) is 0.546. The Labute approximate surface area is 109 Å². The van der Waals surface area contributed by atoms with Crippen molar-refractivity contribution >= 4 is 16.5 Å². The first kappa shape index (κ1) is 12.6. The SMILES string of the molecule is COc1ccc(S(=O)Cc2cccc(N)c2)cc1. The van der Waals surface area contributed by atoms with Crippen molar-refractivity contribution in [2.75, 3.05) is 12.8 Å². The molecule has 0 fully saturated rings. The molecule has 1 unspecified atom stereocenters. The van der Waals surface area contributed by atoms with Crippen LogP contribution in [0.1, 0.15) is 5.56 Å². The van der Waals surface area contributed by atoms with Gasteiger partial charge in [0.15, 0.2) is 0 Å². The lowest BCUT2D eigenvalue weighted by molar-refractivity contribution is 0.414. The minimum absolute atomic E-state index is 0.470. The molecule has 2 rings (SSSR count). The van der Waals surface area contributed by atoms with Gasteiger partial charge in [-0.25, -0.2) is 0 Å². The van der Waals surface area contributed by atoms with Crippen LogP contribution in [0.2, 0.25) is 0 Å². The van der Waals surface area contributed by atoms with E-state index in [1.165, 1.54) is 0 Å². The molecule has 0 heterocycles. The Hall–Kier alpha value is -1.81. The van der Waals surface area contributed by atoms with E-state index in [-0.39, 0.29) is 0 Å². The number of ether oxygens (including phenoxy) is 1. The van der Waals surface area contributed by atoms with Gasteiger partial charge < -0.3 is 10.5 Å². The van der Waals surface area contributed by atoms with Crippen LogP contribution in [-0.4, -0.2) is 11.3 Å². The molecule has 0 saturated carbocycles. The quantitative estimate of drug-likeness (QED) is 0.861. The lowest BCUT2D eigenvalue weighted by Gasteiger charge is -2.05. The highest BCUT2D eigenvalue weighted by Gasteiger charge is 2.05. The average molecular weight is 261 g/mol. The zero-order valence-corrected chi connectivity index (χ0v) is 10.9. The lowest BCUT2D eigenvalue weighted by Crippen LogP contribution is -1.97. The number of anilines is 1. The fourth-order valence-corrected chi connectivity index (χ4v) is 2.73. The highest BCUT2D eigenvalue weighted by Crippen LogP contribution is 2.17. The summed E-state index contributed by atoms with van der Waals surface area (Å²) in [6.45, 7) is 0. The third kappa shape index (κ3) is 3.11. The van der Waals surface area contributed by atoms with Crippen LogP contribution in [0.5, 0.6) is 5.75 Å². The summed E-state index contributed by atoms with van der Waals surface area (Å²) in [5, 5.41) is 0. The van der Waals surface area contributed by atoms with Gasteiger partial charge in [-0.15, -0.1) is 0 Å². The predicted octanol–water partition coefficient (Wildman–Crippen LogP) is 2.59. The maximum atomic E-state index is 12.2. The summed E-state index contributed by atoms with van der Waals surface area (Å²) in [6.07, 6.45) is 0. The van der Waals surface area contributed by atoms with Crippen molar-refractivity contribution in [1.29, 1.82) is 0 Å². The number of nitrogen functional groups attached to an aromatic ring is 1. The van der Waals surface area contributed by atoms with E-state index in [0.717, 1.165) is 16.2 Å². The molecule has 0 radical (unpaired) electrons. The second-order valence-corrected chi connectivity index (χ2v) is 5.36. The number of hydrogen-bond donors (Lipinski definition) is 1. The summed E-state index contributed by atoms with van der Waals surface area (Å²) in [5.74, 6) is 1.23. The van der Waals surface area contributed by atoms with Crippen LogP contribution in [0.15, 0.2) is 53.4 Å². The molecular formula is C14H15NO2S. The highest BCUT2D eigenvalue weighted by molar-refractivity contribution is 7.84. The highest BCUT2D eigenvalue weighted by atomic mass is 32.2. The van der Waals surface area contributed by atoms with Crippen molar-refractivity contribution in [3.05, 3.63) is 54.1 Å². The molecule has 18 heavy (non-hydrogen) atoms. The number of methoxy groups -OCH3 is 1. The van der Waals surface area contributed by atoms with Crippen LogP contribution in [-0.2, 0) is 16.6 Å². The van der Waals surface area contributed by atoms with Gasteiger partial charge in [-0.05, 0) is 42.0 Å². The van der Waals surface area contributed by atoms with Crippen LogP contribution in [0, 0.1) is 0 Å². The lowest BCUT2D eigenvalue weighted by atomic mass is 10.2. The smallest absolute Gasteiger partial charge is 0.118 e. The maximum absolute atomic E-state index is 12.2. The van der Waals surface area contributed by atoms with Crippen molar-refractivity contribution in [3.63, 3.8) is 0 Å². The van der Waals surface area contributed by atoms with Crippen molar-refractivity contribution in [2.24, 2.45) is 0 Å². The van der Waals surface area contributed by atoms with Crippen LogP contribution in [0.4, 0.5) is 5.69 Å². The van der Waals surface area contributed by atoms with E-state index < -0.39 is 10.8 Å². The summed E-state index contributed by atoms with van der Waals surface area (Å²) < 4.78 is 17.2. The Morgan fingerprint density at radius 1 is 1.17 bits per heavy atom. The number of nitrogens with two attached hydrogens (primary N) is 1. The topological polar surface area (TPSA) is 52.3 Å². The summed E-state index contributed by atoms with van der Waals surface area (Å²) in [5.41, 5.74) is 7.37. The summed E-state index contributed by atoms with van der Waals surface area (Å²) >= 11 is 0. The molecule has 2 aromatic rings. The maximum Gasteiger partial charge on any atom is 0.118 e. The van der Waals surface area contributed by atoms with Gasteiger partial charge in [-0.2, -0.15) is 0 Å². The van der Waals surface area contributed by atoms with Crippen LogP contribution >= 0.6 is 0 Å². The molecule has 0 amide bonds. The number of benzene rings is 2. The molecular weight excluding hydrogens is 246 g/mol. The Morgan fingerprint density at radius 3 is 2.50 bits per heavy atom. The van der Waals surface area contributed by atoms with Crippen molar-refractivity contribution in [1.82, 2.24) is 0 Å². The van der Waals surface area contributed by atoms with Crippen LogP contribution < -0.4 is 10.5 Å². The molecule has 94 valence electrons. The largest absolute Gasteiger partial charge is 0.497 e. The average Bonchev–Trinajstić information content (AvgIpc) is 2.39. The monoisotopic (exact) mass is 261 g/mol. The van der Waals surface area contributed by atoms with E-state index in [1.807, 2.05) is 48.5 Å². The Balaban J connectivity index is 2.11. The standard InChI is InChI=1S/C14H15NO2S/c1-17-13-5-7-14(8-6-13)18(16)10-11-3-2-4-12(15)9-11/h2-9H,10,15H2,1H3. The Morgan fingerprint density at radius 2 is 1.89 bits per heavy atom. The first-order valence-electron chi connectivity index (χ1n) is 5.56. The Bertz CT molecular complexity index is 552.